The number of carbonyl (C=O) groups excluding carboxylic acids is 1. The lowest BCUT2D eigenvalue weighted by Crippen LogP contribution is -2.32. The van der Waals surface area contributed by atoms with Crippen molar-refractivity contribution in [3.63, 3.8) is 0 Å². The van der Waals surface area contributed by atoms with Crippen molar-refractivity contribution in [2.75, 3.05) is 6.61 Å². The quantitative estimate of drug-likeness (QED) is 0.149. The van der Waals surface area contributed by atoms with Gasteiger partial charge < -0.3 is 18.8 Å². The number of aromatic nitrogens is 1. The Kier molecular flexibility index (Phi) is 8.50. The van der Waals surface area contributed by atoms with E-state index in [-0.39, 0.29) is 18.5 Å². The van der Waals surface area contributed by atoms with Crippen LogP contribution in [0.1, 0.15) is 61.8 Å². The van der Waals surface area contributed by atoms with Gasteiger partial charge in [-0.1, -0.05) is 78.9 Å². The fourth-order valence-corrected chi connectivity index (χ4v) is 6.19. The van der Waals surface area contributed by atoms with E-state index >= 15 is 0 Å². The number of hydrogen-bond acceptors (Lipinski definition) is 4. The lowest BCUT2D eigenvalue weighted by Gasteiger charge is -2.35. The number of benzene rings is 4. The Labute approximate surface area is 254 Å². The SMILES string of the molecule is CCOC(=O)Cc1ccc(C(C)(c2ccc(OCc3ccccc3)c(OC3CCCC3)c2)n2ccc3ccccc32)cc1. The van der Waals surface area contributed by atoms with Gasteiger partial charge in [0.2, 0.25) is 0 Å². The first kappa shape index (κ1) is 28.6. The maximum atomic E-state index is 12.2. The molecule has 0 aliphatic heterocycles. The molecule has 0 spiro atoms. The van der Waals surface area contributed by atoms with Gasteiger partial charge in [0, 0.05) is 11.7 Å². The highest BCUT2D eigenvalue weighted by Gasteiger charge is 2.33. The fraction of sp³-hybridized carbons (Fsp3) is 0.289. The average molecular weight is 574 g/mol. The van der Waals surface area contributed by atoms with E-state index in [0.29, 0.717) is 13.2 Å². The molecule has 4 aromatic carbocycles. The molecule has 0 bridgehead atoms. The van der Waals surface area contributed by atoms with E-state index in [1.54, 1.807) is 0 Å². The van der Waals surface area contributed by atoms with Crippen LogP contribution in [-0.4, -0.2) is 23.2 Å². The molecule has 0 saturated heterocycles. The van der Waals surface area contributed by atoms with E-state index in [9.17, 15) is 4.79 Å². The highest BCUT2D eigenvalue weighted by molar-refractivity contribution is 5.81. The van der Waals surface area contributed by atoms with Gasteiger partial charge in [0.15, 0.2) is 11.5 Å². The zero-order valence-corrected chi connectivity index (χ0v) is 25.0. The fourth-order valence-electron chi connectivity index (χ4n) is 6.19. The Balaban J connectivity index is 1.42. The molecule has 1 aromatic heterocycles. The van der Waals surface area contributed by atoms with Crippen LogP contribution in [0, 0.1) is 0 Å². The maximum absolute atomic E-state index is 12.2. The third kappa shape index (κ3) is 6.17. The Hall–Kier alpha value is -4.51. The Morgan fingerprint density at radius 3 is 2.30 bits per heavy atom. The van der Waals surface area contributed by atoms with Crippen LogP contribution in [0.4, 0.5) is 0 Å². The molecule has 1 aliphatic carbocycles. The van der Waals surface area contributed by atoms with Crippen molar-refractivity contribution >= 4 is 16.9 Å². The van der Waals surface area contributed by atoms with Gasteiger partial charge in [-0.25, -0.2) is 0 Å². The van der Waals surface area contributed by atoms with E-state index in [1.165, 1.54) is 18.2 Å². The summed E-state index contributed by atoms with van der Waals surface area (Å²) < 4.78 is 20.5. The van der Waals surface area contributed by atoms with Crippen LogP contribution in [-0.2, 0) is 28.1 Å². The van der Waals surface area contributed by atoms with E-state index in [2.05, 4.69) is 90.5 Å². The second kappa shape index (κ2) is 12.8. The maximum Gasteiger partial charge on any atom is 0.310 e. The summed E-state index contributed by atoms with van der Waals surface area (Å²) in [5, 5.41) is 1.18. The minimum absolute atomic E-state index is 0.190. The third-order valence-electron chi connectivity index (χ3n) is 8.59. The number of carbonyl (C=O) groups is 1. The van der Waals surface area contributed by atoms with E-state index in [4.69, 9.17) is 14.2 Å². The van der Waals surface area contributed by atoms with Crippen LogP contribution < -0.4 is 9.47 Å². The molecule has 43 heavy (non-hydrogen) atoms. The van der Waals surface area contributed by atoms with Gasteiger partial charge >= 0.3 is 5.97 Å². The van der Waals surface area contributed by atoms with Crippen molar-refractivity contribution in [2.45, 2.75) is 64.2 Å². The van der Waals surface area contributed by atoms with Gasteiger partial charge in [-0.3, -0.25) is 4.79 Å². The highest BCUT2D eigenvalue weighted by Crippen LogP contribution is 2.42. The first-order valence-corrected chi connectivity index (χ1v) is 15.3. The first-order chi connectivity index (χ1) is 21.0. The van der Waals surface area contributed by atoms with Crippen molar-refractivity contribution < 1.29 is 19.0 Å². The van der Waals surface area contributed by atoms with Gasteiger partial charge in [0.1, 0.15) is 6.61 Å². The molecule has 220 valence electrons. The van der Waals surface area contributed by atoms with Crippen LogP contribution in [0.2, 0.25) is 0 Å². The predicted molar refractivity (Wildman–Crippen MR) is 171 cm³/mol. The van der Waals surface area contributed by atoms with Crippen LogP contribution in [0.5, 0.6) is 11.5 Å². The molecule has 0 N–H and O–H groups in total. The molecule has 5 heteroatoms. The topological polar surface area (TPSA) is 49.7 Å². The van der Waals surface area contributed by atoms with Gasteiger partial charge in [0.05, 0.1) is 24.7 Å². The van der Waals surface area contributed by atoms with Crippen LogP contribution >= 0.6 is 0 Å². The number of nitrogens with zero attached hydrogens (tertiary/aromatic N) is 1. The Morgan fingerprint density at radius 1 is 0.814 bits per heavy atom. The smallest absolute Gasteiger partial charge is 0.310 e. The minimum Gasteiger partial charge on any atom is -0.487 e. The Morgan fingerprint density at radius 2 is 1.53 bits per heavy atom. The van der Waals surface area contributed by atoms with Gasteiger partial charge in [0.25, 0.3) is 0 Å². The van der Waals surface area contributed by atoms with Crippen LogP contribution in [0.25, 0.3) is 10.9 Å². The summed E-state index contributed by atoms with van der Waals surface area (Å²) in [5.74, 6) is 1.32. The van der Waals surface area contributed by atoms with E-state index in [0.717, 1.165) is 52.1 Å². The molecule has 0 amide bonds. The summed E-state index contributed by atoms with van der Waals surface area (Å²) >= 11 is 0. The number of fused-ring (bicyclic) bond motifs is 1. The van der Waals surface area contributed by atoms with Crippen molar-refractivity contribution in [3.8, 4) is 11.5 Å². The molecule has 1 heterocycles. The van der Waals surface area contributed by atoms with Crippen molar-refractivity contribution in [3.05, 3.63) is 132 Å². The molecule has 6 rings (SSSR count). The monoisotopic (exact) mass is 573 g/mol. The lowest BCUT2D eigenvalue weighted by atomic mass is 9.83. The molecule has 1 fully saturated rings. The second-order valence-corrected chi connectivity index (χ2v) is 11.5. The zero-order chi connectivity index (χ0) is 29.6. The molecule has 1 unspecified atom stereocenters. The second-order valence-electron chi connectivity index (χ2n) is 11.5. The molecule has 1 atom stereocenters. The summed E-state index contributed by atoms with van der Waals surface area (Å²) in [4.78, 5) is 12.2. The van der Waals surface area contributed by atoms with Gasteiger partial charge in [-0.2, -0.15) is 0 Å². The average Bonchev–Trinajstić information content (AvgIpc) is 3.71. The van der Waals surface area contributed by atoms with E-state index < -0.39 is 5.54 Å². The number of ether oxygens (including phenoxy) is 3. The third-order valence-corrected chi connectivity index (χ3v) is 8.59. The molecule has 1 saturated carbocycles. The van der Waals surface area contributed by atoms with Crippen molar-refractivity contribution in [1.82, 2.24) is 4.57 Å². The van der Waals surface area contributed by atoms with Crippen molar-refractivity contribution in [2.24, 2.45) is 0 Å². The predicted octanol–water partition coefficient (Wildman–Crippen LogP) is 8.46. The van der Waals surface area contributed by atoms with Crippen LogP contribution in [0.3, 0.4) is 0 Å². The standard InChI is InChI=1S/C38H39NO4/c1-3-41-37(40)25-28-17-19-31(20-18-28)38(2,39-24-23-30-13-7-10-16-34(30)39)32-21-22-35(42-27-29-11-5-4-6-12-29)36(26-32)43-33-14-8-9-15-33/h4-7,10-13,16-24,26,33H,3,8-9,14-15,25,27H2,1-2H3. The Bertz CT molecular complexity index is 1670. The lowest BCUT2D eigenvalue weighted by molar-refractivity contribution is -0.142. The van der Waals surface area contributed by atoms with E-state index in [1.807, 2.05) is 37.3 Å². The summed E-state index contributed by atoms with van der Waals surface area (Å²) in [7, 11) is 0. The minimum atomic E-state index is -0.572. The number of para-hydroxylation sites is 1. The molecule has 0 radical (unpaired) electrons. The first-order valence-electron chi connectivity index (χ1n) is 15.3. The number of rotatable bonds is 11. The molecule has 5 aromatic rings. The number of hydrogen-bond donors (Lipinski definition) is 0. The molecule has 1 aliphatic rings. The largest absolute Gasteiger partial charge is 0.487 e. The van der Waals surface area contributed by atoms with Gasteiger partial charge in [-0.05, 0) is 91.4 Å². The van der Waals surface area contributed by atoms with Crippen molar-refractivity contribution in [1.29, 1.82) is 0 Å². The zero-order valence-electron chi connectivity index (χ0n) is 25.0. The van der Waals surface area contributed by atoms with Gasteiger partial charge in [-0.15, -0.1) is 0 Å². The summed E-state index contributed by atoms with van der Waals surface area (Å²) in [6.45, 7) is 4.93. The van der Waals surface area contributed by atoms with Crippen LogP contribution in [0.15, 0.2) is 109 Å². The summed E-state index contributed by atoms with van der Waals surface area (Å²) in [5.41, 5.74) is 4.81. The summed E-state index contributed by atoms with van der Waals surface area (Å²) in [6, 6.07) is 35.5. The molecular formula is C38H39NO4. The number of esters is 1. The molecular weight excluding hydrogens is 534 g/mol. The normalized spacial score (nSPS) is 14.8. The summed E-state index contributed by atoms with van der Waals surface area (Å²) in [6.07, 6.45) is 7.10. The highest BCUT2D eigenvalue weighted by atomic mass is 16.5. The molecule has 5 nitrogen and oxygen atoms in total.